The van der Waals surface area contributed by atoms with Crippen molar-refractivity contribution in [2.75, 3.05) is 12.8 Å². The molecule has 0 spiro atoms. The highest BCUT2D eigenvalue weighted by Crippen LogP contribution is 2.29. The van der Waals surface area contributed by atoms with E-state index in [-0.39, 0.29) is 11.4 Å². The van der Waals surface area contributed by atoms with E-state index in [9.17, 15) is 5.26 Å². The maximum Gasteiger partial charge on any atom is 0.155 e. The lowest BCUT2D eigenvalue weighted by atomic mass is 10.2. The fourth-order valence-electron chi connectivity index (χ4n) is 2.07. The van der Waals surface area contributed by atoms with Gasteiger partial charge >= 0.3 is 0 Å². The van der Waals surface area contributed by atoms with Gasteiger partial charge in [-0.15, -0.1) is 0 Å². The largest absolute Gasteiger partial charge is 0.497 e. The van der Waals surface area contributed by atoms with Gasteiger partial charge in [0.05, 0.1) is 19.1 Å². The Morgan fingerprint density at radius 2 is 2.19 bits per heavy atom. The van der Waals surface area contributed by atoms with Gasteiger partial charge in [-0.3, -0.25) is 0 Å². The van der Waals surface area contributed by atoms with Gasteiger partial charge in [0.25, 0.3) is 0 Å². The molecule has 2 aromatic heterocycles. The summed E-state index contributed by atoms with van der Waals surface area (Å²) in [5.41, 5.74) is 7.45. The molecule has 0 aliphatic rings. The molecule has 0 aliphatic heterocycles. The number of benzene rings is 1. The second-order valence-corrected chi connectivity index (χ2v) is 4.31. The van der Waals surface area contributed by atoms with Crippen LogP contribution in [0.2, 0.25) is 0 Å². The number of nitriles is 1. The Kier molecular flexibility index (Phi) is 3.09. The van der Waals surface area contributed by atoms with Crippen molar-refractivity contribution < 1.29 is 9.15 Å². The summed E-state index contributed by atoms with van der Waals surface area (Å²) in [5, 5.41) is 13.7. The molecular weight excluding hydrogens is 268 g/mol. The van der Waals surface area contributed by atoms with Gasteiger partial charge in [-0.2, -0.15) is 10.4 Å². The number of anilines is 1. The summed E-state index contributed by atoms with van der Waals surface area (Å²) in [6.07, 6.45) is 1.53. The number of aromatic nitrogens is 2. The lowest BCUT2D eigenvalue weighted by Crippen LogP contribution is -2.02. The molecule has 3 aromatic rings. The van der Waals surface area contributed by atoms with Crippen molar-refractivity contribution >= 4 is 5.82 Å². The van der Waals surface area contributed by atoms with Crippen LogP contribution in [0.1, 0.15) is 5.56 Å². The van der Waals surface area contributed by atoms with Gasteiger partial charge in [-0.1, -0.05) is 6.07 Å². The molecule has 0 saturated heterocycles. The molecule has 6 heteroatoms. The monoisotopic (exact) mass is 280 g/mol. The molecular formula is C15H12N4O2. The van der Waals surface area contributed by atoms with Crippen molar-refractivity contribution in [2.45, 2.75) is 0 Å². The summed E-state index contributed by atoms with van der Waals surface area (Å²) in [5.74, 6) is 1.44. The Balaban J connectivity index is 2.18. The molecule has 0 atom stereocenters. The van der Waals surface area contributed by atoms with Gasteiger partial charge in [-0.05, 0) is 24.3 Å². The molecule has 0 bridgehead atoms. The topological polar surface area (TPSA) is 90.0 Å². The molecule has 0 amide bonds. The summed E-state index contributed by atoms with van der Waals surface area (Å²) < 4.78 is 12.0. The molecule has 6 nitrogen and oxygen atoms in total. The van der Waals surface area contributed by atoms with Gasteiger partial charge in [0.2, 0.25) is 0 Å². The fourth-order valence-corrected chi connectivity index (χ4v) is 2.07. The molecule has 0 unspecified atom stereocenters. The molecule has 104 valence electrons. The third-order valence-corrected chi connectivity index (χ3v) is 3.09. The lowest BCUT2D eigenvalue weighted by Gasteiger charge is -2.05. The minimum Gasteiger partial charge on any atom is -0.497 e. The van der Waals surface area contributed by atoms with E-state index in [0.29, 0.717) is 22.9 Å². The highest BCUT2D eigenvalue weighted by atomic mass is 16.5. The zero-order valence-corrected chi connectivity index (χ0v) is 11.3. The predicted octanol–water partition coefficient (Wildman–Crippen LogP) is 2.59. The van der Waals surface area contributed by atoms with Crippen molar-refractivity contribution in [1.29, 1.82) is 5.26 Å². The van der Waals surface area contributed by atoms with Crippen LogP contribution in [0.4, 0.5) is 5.82 Å². The summed E-state index contributed by atoms with van der Waals surface area (Å²) in [7, 11) is 1.58. The van der Waals surface area contributed by atoms with E-state index in [1.165, 1.54) is 10.9 Å². The Hall–Kier alpha value is -3.20. The number of hydrogen-bond acceptors (Lipinski definition) is 5. The molecule has 3 rings (SSSR count). The van der Waals surface area contributed by atoms with E-state index < -0.39 is 0 Å². The van der Waals surface area contributed by atoms with Crippen molar-refractivity contribution in [1.82, 2.24) is 9.78 Å². The van der Waals surface area contributed by atoms with Crippen molar-refractivity contribution in [2.24, 2.45) is 0 Å². The maximum atomic E-state index is 9.31. The van der Waals surface area contributed by atoms with Crippen LogP contribution in [0.25, 0.3) is 17.1 Å². The number of nitrogens with zero attached hydrogens (tertiary/aromatic N) is 3. The van der Waals surface area contributed by atoms with Crippen LogP contribution < -0.4 is 10.5 Å². The third kappa shape index (κ3) is 2.11. The number of rotatable bonds is 3. The number of nitrogen functional groups attached to an aromatic ring is 1. The Labute approximate surface area is 121 Å². The maximum absolute atomic E-state index is 9.31. The molecule has 0 aliphatic carbocycles. The van der Waals surface area contributed by atoms with Gasteiger partial charge in [0.1, 0.15) is 28.9 Å². The lowest BCUT2D eigenvalue weighted by molar-refractivity contribution is 0.414. The van der Waals surface area contributed by atoms with Gasteiger partial charge in [0.15, 0.2) is 5.76 Å². The SMILES string of the molecule is COc1cccc(-n2nc(-c3ccco3)c(C#N)c2N)c1. The van der Waals surface area contributed by atoms with Gasteiger partial charge in [0, 0.05) is 6.07 Å². The zero-order chi connectivity index (χ0) is 14.8. The minimum atomic E-state index is 0.261. The first kappa shape index (κ1) is 12.8. The highest BCUT2D eigenvalue weighted by molar-refractivity contribution is 5.70. The summed E-state index contributed by atoms with van der Waals surface area (Å²) in [4.78, 5) is 0. The minimum absolute atomic E-state index is 0.261. The standard InChI is InChI=1S/C15H12N4O2/c1-20-11-5-2-4-10(8-11)19-15(17)12(9-16)14(18-19)13-6-3-7-21-13/h2-8H,17H2,1H3. The van der Waals surface area contributed by atoms with Crippen LogP contribution in [0.3, 0.4) is 0 Å². The molecule has 2 N–H and O–H groups in total. The molecule has 0 radical (unpaired) electrons. The summed E-state index contributed by atoms with van der Waals surface area (Å²) in [6.45, 7) is 0. The second kappa shape index (κ2) is 5.06. The normalized spacial score (nSPS) is 10.3. The van der Waals surface area contributed by atoms with E-state index in [1.54, 1.807) is 25.3 Å². The first-order chi connectivity index (χ1) is 10.2. The van der Waals surface area contributed by atoms with Crippen LogP contribution >= 0.6 is 0 Å². The van der Waals surface area contributed by atoms with Crippen LogP contribution in [-0.4, -0.2) is 16.9 Å². The number of furan rings is 1. The van der Waals surface area contributed by atoms with Crippen LogP contribution in [0.5, 0.6) is 5.75 Å². The number of ether oxygens (including phenoxy) is 1. The zero-order valence-electron chi connectivity index (χ0n) is 11.3. The average molecular weight is 280 g/mol. The predicted molar refractivity (Wildman–Crippen MR) is 76.9 cm³/mol. The fraction of sp³-hybridized carbons (Fsp3) is 0.0667. The van der Waals surface area contributed by atoms with Crippen molar-refractivity contribution in [3.8, 4) is 29.0 Å². The quantitative estimate of drug-likeness (QED) is 0.796. The van der Waals surface area contributed by atoms with Crippen molar-refractivity contribution in [3.63, 3.8) is 0 Å². The molecule has 0 fully saturated rings. The Morgan fingerprint density at radius 3 is 2.86 bits per heavy atom. The number of hydrogen-bond donors (Lipinski definition) is 1. The third-order valence-electron chi connectivity index (χ3n) is 3.09. The van der Waals surface area contributed by atoms with E-state index in [4.69, 9.17) is 14.9 Å². The number of methoxy groups -OCH3 is 1. The first-order valence-electron chi connectivity index (χ1n) is 6.21. The van der Waals surface area contributed by atoms with E-state index >= 15 is 0 Å². The van der Waals surface area contributed by atoms with Crippen LogP contribution in [0.15, 0.2) is 47.1 Å². The molecule has 21 heavy (non-hydrogen) atoms. The molecule has 0 saturated carbocycles. The Bertz CT molecular complexity index is 813. The second-order valence-electron chi connectivity index (χ2n) is 4.31. The van der Waals surface area contributed by atoms with Crippen molar-refractivity contribution in [3.05, 3.63) is 48.2 Å². The molecule has 2 heterocycles. The van der Waals surface area contributed by atoms with E-state index in [2.05, 4.69) is 11.2 Å². The van der Waals surface area contributed by atoms with E-state index in [1.807, 2.05) is 18.2 Å². The smallest absolute Gasteiger partial charge is 0.155 e. The average Bonchev–Trinajstić information content (AvgIpc) is 3.14. The Morgan fingerprint density at radius 1 is 1.33 bits per heavy atom. The highest BCUT2D eigenvalue weighted by Gasteiger charge is 2.19. The van der Waals surface area contributed by atoms with Crippen LogP contribution in [-0.2, 0) is 0 Å². The van der Waals surface area contributed by atoms with Gasteiger partial charge < -0.3 is 14.9 Å². The number of nitrogens with two attached hydrogens (primary N) is 1. The van der Waals surface area contributed by atoms with Gasteiger partial charge in [-0.25, -0.2) is 4.68 Å². The van der Waals surface area contributed by atoms with E-state index in [0.717, 1.165) is 0 Å². The summed E-state index contributed by atoms with van der Waals surface area (Å²) in [6, 6.07) is 12.8. The molecule has 1 aromatic carbocycles. The first-order valence-corrected chi connectivity index (χ1v) is 6.21. The summed E-state index contributed by atoms with van der Waals surface area (Å²) >= 11 is 0. The van der Waals surface area contributed by atoms with Crippen LogP contribution in [0, 0.1) is 11.3 Å².